The molecule has 0 rings (SSSR count). The second-order valence-electron chi connectivity index (χ2n) is 2.56. The van der Waals surface area contributed by atoms with Gasteiger partial charge in [-0.2, -0.15) is 5.26 Å². The monoisotopic (exact) mass is 215 g/mol. The van der Waals surface area contributed by atoms with Gasteiger partial charge in [0.1, 0.15) is 6.54 Å². The molecule has 0 unspecified atom stereocenters. The summed E-state index contributed by atoms with van der Waals surface area (Å²) in [7, 11) is 0. The fraction of sp³-hybridized carbons (Fsp3) is 0.625. The molecule has 0 aliphatic rings. The number of aliphatic carboxylic acids is 1. The number of thiocarbonyl (C=S) groups is 1. The second-order valence-corrected chi connectivity index (χ2v) is 2.95. The van der Waals surface area contributed by atoms with Crippen molar-refractivity contribution in [3.63, 3.8) is 0 Å². The Kier molecular flexibility index (Phi) is 6.41. The maximum atomic E-state index is 10.5. The Morgan fingerprint density at radius 2 is 2.36 bits per heavy atom. The van der Waals surface area contributed by atoms with Gasteiger partial charge in [0.25, 0.3) is 0 Å². The first kappa shape index (κ1) is 12.7. The van der Waals surface area contributed by atoms with Crippen LogP contribution in [0.2, 0.25) is 0 Å². The van der Waals surface area contributed by atoms with Gasteiger partial charge in [-0.05, 0) is 19.1 Å². The highest BCUT2D eigenvalue weighted by atomic mass is 32.1. The van der Waals surface area contributed by atoms with Crippen LogP contribution in [0.4, 0.5) is 0 Å². The van der Waals surface area contributed by atoms with E-state index in [1.165, 1.54) is 4.90 Å². The number of rotatable bonds is 5. The summed E-state index contributed by atoms with van der Waals surface area (Å²) in [5, 5.41) is 20.2. The lowest BCUT2D eigenvalue weighted by Crippen LogP contribution is -2.42. The Labute approximate surface area is 88.3 Å². The molecule has 0 radical (unpaired) electrons. The van der Waals surface area contributed by atoms with Gasteiger partial charge >= 0.3 is 5.97 Å². The third-order valence-electron chi connectivity index (χ3n) is 1.43. The first-order valence-corrected chi connectivity index (χ1v) is 4.64. The summed E-state index contributed by atoms with van der Waals surface area (Å²) in [5.74, 6) is -0.955. The summed E-state index contributed by atoms with van der Waals surface area (Å²) in [6, 6.07) is 1.95. The average Bonchev–Trinajstić information content (AvgIpc) is 2.12. The highest BCUT2D eigenvalue weighted by Crippen LogP contribution is 1.92. The molecule has 5 nitrogen and oxygen atoms in total. The largest absolute Gasteiger partial charge is 0.480 e. The summed E-state index contributed by atoms with van der Waals surface area (Å²) >= 11 is 4.95. The van der Waals surface area contributed by atoms with E-state index in [1.807, 2.05) is 13.0 Å². The van der Waals surface area contributed by atoms with Gasteiger partial charge in [-0.1, -0.05) is 0 Å². The highest BCUT2D eigenvalue weighted by Gasteiger charge is 2.11. The smallest absolute Gasteiger partial charge is 0.323 e. The molecule has 6 heteroatoms. The fourth-order valence-corrected chi connectivity index (χ4v) is 1.16. The Morgan fingerprint density at radius 1 is 1.71 bits per heavy atom. The molecule has 0 aliphatic carbocycles. The number of hydrogen-bond acceptors (Lipinski definition) is 3. The Morgan fingerprint density at radius 3 is 2.79 bits per heavy atom. The topological polar surface area (TPSA) is 76.4 Å². The van der Waals surface area contributed by atoms with Crippen molar-refractivity contribution in [2.45, 2.75) is 13.3 Å². The zero-order valence-electron chi connectivity index (χ0n) is 7.99. The van der Waals surface area contributed by atoms with E-state index in [4.69, 9.17) is 22.6 Å². The first-order valence-electron chi connectivity index (χ1n) is 4.23. The Balaban J connectivity index is 4.16. The SMILES string of the molecule is CCNC(=S)N(CCC#N)CC(=O)O. The Hall–Kier alpha value is -1.35. The minimum absolute atomic E-state index is 0.173. The molecule has 0 amide bonds. The van der Waals surface area contributed by atoms with Gasteiger partial charge in [-0.15, -0.1) is 0 Å². The molecule has 78 valence electrons. The molecule has 2 N–H and O–H groups in total. The van der Waals surface area contributed by atoms with Crippen LogP contribution < -0.4 is 5.32 Å². The van der Waals surface area contributed by atoms with E-state index in [-0.39, 0.29) is 13.0 Å². The average molecular weight is 215 g/mol. The van der Waals surface area contributed by atoms with E-state index >= 15 is 0 Å². The minimum Gasteiger partial charge on any atom is -0.480 e. The molecular weight excluding hydrogens is 202 g/mol. The van der Waals surface area contributed by atoms with Crippen LogP contribution in [0.1, 0.15) is 13.3 Å². The third-order valence-corrected chi connectivity index (χ3v) is 1.84. The molecule has 0 saturated carbocycles. The summed E-state index contributed by atoms with van der Waals surface area (Å²) in [6.45, 7) is 2.68. The van der Waals surface area contributed by atoms with Crippen LogP contribution in [0.5, 0.6) is 0 Å². The van der Waals surface area contributed by atoms with Gasteiger partial charge < -0.3 is 15.3 Å². The van der Waals surface area contributed by atoms with E-state index in [1.54, 1.807) is 0 Å². The normalized spacial score (nSPS) is 8.86. The van der Waals surface area contributed by atoms with Crippen LogP contribution in [0.3, 0.4) is 0 Å². The molecule has 0 spiro atoms. The third kappa shape index (κ3) is 5.32. The lowest BCUT2D eigenvalue weighted by Gasteiger charge is -2.22. The van der Waals surface area contributed by atoms with Crippen LogP contribution in [0, 0.1) is 11.3 Å². The second kappa shape index (κ2) is 7.09. The van der Waals surface area contributed by atoms with Crippen LogP contribution >= 0.6 is 12.2 Å². The molecule has 0 aromatic heterocycles. The van der Waals surface area contributed by atoms with Crippen molar-refractivity contribution in [3.8, 4) is 6.07 Å². The van der Waals surface area contributed by atoms with Crippen LogP contribution in [0.25, 0.3) is 0 Å². The predicted molar refractivity (Wildman–Crippen MR) is 55.7 cm³/mol. The quantitative estimate of drug-likeness (QED) is 0.637. The van der Waals surface area contributed by atoms with E-state index in [0.717, 1.165) is 0 Å². The van der Waals surface area contributed by atoms with E-state index < -0.39 is 5.97 Å². The molecule has 0 fully saturated rings. The number of nitriles is 1. The molecule has 0 aromatic rings. The molecule has 0 atom stereocenters. The number of nitrogens with zero attached hydrogens (tertiary/aromatic N) is 2. The van der Waals surface area contributed by atoms with Crippen molar-refractivity contribution >= 4 is 23.3 Å². The standard InChI is InChI=1S/C8H13N3O2S/c1-2-10-8(14)11(5-3-4-9)6-7(12)13/h2-3,5-6H2,1H3,(H,10,14)(H,12,13). The molecule has 0 saturated heterocycles. The maximum absolute atomic E-state index is 10.5. The Bertz CT molecular complexity index is 249. The minimum atomic E-state index is -0.955. The molecule has 14 heavy (non-hydrogen) atoms. The van der Waals surface area contributed by atoms with Crippen molar-refractivity contribution in [1.82, 2.24) is 10.2 Å². The first-order chi connectivity index (χ1) is 6.61. The number of nitrogens with one attached hydrogen (secondary N) is 1. The van der Waals surface area contributed by atoms with Crippen molar-refractivity contribution in [3.05, 3.63) is 0 Å². The molecule has 0 heterocycles. The molecular formula is C8H13N3O2S. The molecule has 0 aliphatic heterocycles. The van der Waals surface area contributed by atoms with Crippen molar-refractivity contribution in [2.24, 2.45) is 0 Å². The number of carbonyl (C=O) groups is 1. The molecule has 0 bridgehead atoms. The summed E-state index contributed by atoms with van der Waals surface area (Å²) < 4.78 is 0. The summed E-state index contributed by atoms with van der Waals surface area (Å²) in [4.78, 5) is 11.9. The van der Waals surface area contributed by atoms with Gasteiger partial charge in [0.15, 0.2) is 5.11 Å². The van der Waals surface area contributed by atoms with Gasteiger partial charge in [0.2, 0.25) is 0 Å². The van der Waals surface area contributed by atoms with E-state index in [2.05, 4.69) is 5.32 Å². The number of carboxylic acids is 1. The highest BCUT2D eigenvalue weighted by molar-refractivity contribution is 7.80. The van der Waals surface area contributed by atoms with Gasteiger partial charge in [0, 0.05) is 13.1 Å². The van der Waals surface area contributed by atoms with Crippen molar-refractivity contribution in [1.29, 1.82) is 5.26 Å². The lowest BCUT2D eigenvalue weighted by molar-refractivity contribution is -0.137. The zero-order chi connectivity index (χ0) is 11.0. The fourth-order valence-electron chi connectivity index (χ4n) is 0.864. The number of hydrogen-bond donors (Lipinski definition) is 2. The summed E-state index contributed by atoms with van der Waals surface area (Å²) in [5.41, 5.74) is 0. The van der Waals surface area contributed by atoms with Crippen LogP contribution in [0.15, 0.2) is 0 Å². The van der Waals surface area contributed by atoms with E-state index in [0.29, 0.717) is 18.2 Å². The van der Waals surface area contributed by atoms with E-state index in [9.17, 15) is 4.79 Å². The van der Waals surface area contributed by atoms with Crippen LogP contribution in [-0.2, 0) is 4.79 Å². The van der Waals surface area contributed by atoms with Crippen LogP contribution in [-0.4, -0.2) is 40.7 Å². The predicted octanol–water partition coefficient (Wildman–Crippen LogP) is 0.181. The van der Waals surface area contributed by atoms with Crippen molar-refractivity contribution in [2.75, 3.05) is 19.6 Å². The van der Waals surface area contributed by atoms with Gasteiger partial charge in [-0.25, -0.2) is 0 Å². The maximum Gasteiger partial charge on any atom is 0.323 e. The van der Waals surface area contributed by atoms with Crippen molar-refractivity contribution < 1.29 is 9.90 Å². The van der Waals surface area contributed by atoms with Gasteiger partial charge in [-0.3, -0.25) is 4.79 Å². The summed E-state index contributed by atoms with van der Waals surface area (Å²) in [6.07, 6.45) is 0.263. The zero-order valence-corrected chi connectivity index (χ0v) is 8.80. The van der Waals surface area contributed by atoms with Gasteiger partial charge in [0.05, 0.1) is 12.5 Å². The molecule has 0 aromatic carbocycles. The number of carboxylic acid groups (broad SMARTS) is 1. The lowest BCUT2D eigenvalue weighted by atomic mass is 10.4.